The van der Waals surface area contributed by atoms with Crippen molar-refractivity contribution in [2.75, 3.05) is 19.7 Å². The van der Waals surface area contributed by atoms with Crippen LogP contribution in [0.1, 0.15) is 30.1 Å². The lowest BCUT2D eigenvalue weighted by molar-refractivity contribution is -0.387. The third-order valence-corrected chi connectivity index (χ3v) is 6.42. The van der Waals surface area contributed by atoms with Crippen LogP contribution in [0, 0.1) is 10.1 Å². The Balaban J connectivity index is 1.65. The second-order valence-electron chi connectivity index (χ2n) is 6.93. The van der Waals surface area contributed by atoms with E-state index in [0.29, 0.717) is 37.4 Å². The lowest BCUT2D eigenvalue weighted by atomic mass is 10.0. The minimum absolute atomic E-state index is 0.103. The van der Waals surface area contributed by atoms with Crippen molar-refractivity contribution >= 4 is 45.4 Å². The first-order valence-corrected chi connectivity index (χ1v) is 11.4. The van der Waals surface area contributed by atoms with Crippen LogP contribution in [-0.2, 0) is 4.74 Å². The summed E-state index contributed by atoms with van der Waals surface area (Å²) in [6, 6.07) is 11.9. The standard InChI is InChI=1S/C21H22BrN3O5S/c1-2-30-21(27)24-11-9-16(10-12-24)23-20(26)14-3-8-19(18(13-14)25(28)29)31-17-6-4-15(22)5-7-17/h3-8,13,16H,2,9-12H2,1H3,(H,23,26). The van der Waals surface area contributed by atoms with E-state index in [1.807, 2.05) is 24.3 Å². The second-order valence-corrected chi connectivity index (χ2v) is 8.96. The van der Waals surface area contributed by atoms with Gasteiger partial charge in [-0.2, -0.15) is 0 Å². The maximum atomic E-state index is 12.7. The summed E-state index contributed by atoms with van der Waals surface area (Å²) in [6.45, 7) is 3.07. The smallest absolute Gasteiger partial charge is 0.409 e. The Morgan fingerprint density at radius 3 is 2.52 bits per heavy atom. The van der Waals surface area contributed by atoms with Gasteiger partial charge in [0.25, 0.3) is 11.6 Å². The number of nitrogens with zero attached hydrogens (tertiary/aromatic N) is 2. The highest BCUT2D eigenvalue weighted by Gasteiger charge is 2.26. The van der Waals surface area contributed by atoms with Crippen LogP contribution in [0.5, 0.6) is 0 Å². The molecule has 0 saturated carbocycles. The first kappa shape index (κ1) is 23.1. The van der Waals surface area contributed by atoms with Crippen molar-refractivity contribution in [3.05, 3.63) is 62.6 Å². The number of hydrogen-bond acceptors (Lipinski definition) is 6. The highest BCUT2D eigenvalue weighted by atomic mass is 79.9. The molecule has 1 aliphatic rings. The van der Waals surface area contributed by atoms with Gasteiger partial charge in [-0.05, 0) is 56.2 Å². The molecule has 31 heavy (non-hydrogen) atoms. The van der Waals surface area contributed by atoms with E-state index >= 15 is 0 Å². The number of ether oxygens (including phenoxy) is 1. The van der Waals surface area contributed by atoms with Crippen LogP contribution >= 0.6 is 27.7 Å². The van der Waals surface area contributed by atoms with Gasteiger partial charge in [-0.3, -0.25) is 14.9 Å². The molecular weight excluding hydrogens is 486 g/mol. The summed E-state index contributed by atoms with van der Waals surface area (Å²) in [5, 5.41) is 14.5. The summed E-state index contributed by atoms with van der Waals surface area (Å²) < 4.78 is 5.92. The number of nitro benzene ring substituents is 1. The largest absolute Gasteiger partial charge is 0.450 e. The van der Waals surface area contributed by atoms with E-state index in [1.54, 1.807) is 24.0 Å². The first-order valence-electron chi connectivity index (χ1n) is 9.81. The van der Waals surface area contributed by atoms with E-state index < -0.39 is 4.92 Å². The number of carbonyl (C=O) groups excluding carboxylic acids is 2. The van der Waals surface area contributed by atoms with Gasteiger partial charge >= 0.3 is 6.09 Å². The van der Waals surface area contributed by atoms with Crippen molar-refractivity contribution in [2.24, 2.45) is 0 Å². The Labute approximate surface area is 192 Å². The maximum absolute atomic E-state index is 12.7. The van der Waals surface area contributed by atoms with E-state index in [-0.39, 0.29) is 29.3 Å². The normalized spacial score (nSPS) is 14.2. The molecule has 2 amide bonds. The van der Waals surface area contributed by atoms with Gasteiger partial charge in [0.1, 0.15) is 0 Å². The highest BCUT2D eigenvalue weighted by Crippen LogP contribution is 2.35. The Kier molecular flexibility index (Phi) is 7.91. The third kappa shape index (κ3) is 6.20. The lowest BCUT2D eigenvalue weighted by Gasteiger charge is -2.31. The molecule has 0 bridgehead atoms. The Morgan fingerprint density at radius 1 is 1.23 bits per heavy atom. The highest BCUT2D eigenvalue weighted by molar-refractivity contribution is 9.10. The summed E-state index contributed by atoms with van der Waals surface area (Å²) in [6.07, 6.45) is 0.857. The monoisotopic (exact) mass is 507 g/mol. The molecule has 10 heteroatoms. The molecule has 164 valence electrons. The van der Waals surface area contributed by atoms with Crippen molar-refractivity contribution in [2.45, 2.75) is 35.6 Å². The fraction of sp³-hybridized carbons (Fsp3) is 0.333. The molecule has 1 saturated heterocycles. The number of rotatable bonds is 6. The number of benzene rings is 2. The van der Waals surface area contributed by atoms with Gasteiger partial charge in [-0.25, -0.2) is 4.79 Å². The van der Waals surface area contributed by atoms with E-state index in [2.05, 4.69) is 21.2 Å². The number of piperidine rings is 1. The van der Waals surface area contributed by atoms with Crippen LogP contribution in [0.15, 0.2) is 56.7 Å². The lowest BCUT2D eigenvalue weighted by Crippen LogP contribution is -2.46. The van der Waals surface area contributed by atoms with E-state index in [4.69, 9.17) is 4.74 Å². The molecule has 0 spiro atoms. The molecule has 2 aromatic carbocycles. The molecule has 3 rings (SSSR count). The van der Waals surface area contributed by atoms with Gasteiger partial charge in [0.05, 0.1) is 16.4 Å². The number of hydrogen-bond donors (Lipinski definition) is 1. The number of carbonyl (C=O) groups is 2. The summed E-state index contributed by atoms with van der Waals surface area (Å²) >= 11 is 4.64. The van der Waals surface area contributed by atoms with Gasteiger partial charge in [0.2, 0.25) is 0 Å². The minimum atomic E-state index is -0.476. The molecule has 2 aromatic rings. The fourth-order valence-corrected chi connectivity index (χ4v) is 4.37. The van der Waals surface area contributed by atoms with Gasteiger partial charge in [0.15, 0.2) is 0 Å². The number of likely N-dealkylation sites (tertiary alicyclic amines) is 1. The third-order valence-electron chi connectivity index (χ3n) is 4.82. The number of nitro groups is 1. The molecule has 0 aliphatic carbocycles. The number of nitrogens with one attached hydrogen (secondary N) is 1. The molecular formula is C21H22BrN3O5S. The summed E-state index contributed by atoms with van der Waals surface area (Å²) in [5.74, 6) is -0.363. The summed E-state index contributed by atoms with van der Waals surface area (Å²) in [4.78, 5) is 38.5. The van der Waals surface area contributed by atoms with Crippen molar-refractivity contribution < 1.29 is 19.2 Å². The molecule has 1 heterocycles. The maximum Gasteiger partial charge on any atom is 0.409 e. The molecule has 8 nitrogen and oxygen atoms in total. The van der Waals surface area contributed by atoms with Crippen LogP contribution < -0.4 is 5.32 Å². The molecule has 1 N–H and O–H groups in total. The van der Waals surface area contributed by atoms with Crippen molar-refractivity contribution in [1.82, 2.24) is 10.2 Å². The van der Waals surface area contributed by atoms with Crippen molar-refractivity contribution in [1.29, 1.82) is 0 Å². The zero-order valence-electron chi connectivity index (χ0n) is 16.9. The average molecular weight is 508 g/mol. The molecule has 1 fully saturated rings. The van der Waals surface area contributed by atoms with Crippen LogP contribution in [0.25, 0.3) is 0 Å². The first-order chi connectivity index (χ1) is 14.9. The molecule has 0 unspecified atom stereocenters. The average Bonchev–Trinajstić information content (AvgIpc) is 2.76. The number of halogens is 1. The van der Waals surface area contributed by atoms with Crippen molar-refractivity contribution in [3.8, 4) is 0 Å². The quantitative estimate of drug-likeness (QED) is 0.442. The Hall–Kier alpha value is -2.59. The molecule has 0 radical (unpaired) electrons. The molecule has 0 atom stereocenters. The van der Waals surface area contributed by atoms with Crippen LogP contribution in [-0.4, -0.2) is 47.6 Å². The van der Waals surface area contributed by atoms with Crippen LogP contribution in [0.2, 0.25) is 0 Å². The van der Waals surface area contributed by atoms with Gasteiger partial charge in [0, 0.05) is 40.1 Å². The van der Waals surface area contributed by atoms with E-state index in [0.717, 1.165) is 9.37 Å². The number of amides is 2. The van der Waals surface area contributed by atoms with E-state index in [1.165, 1.54) is 17.8 Å². The topological polar surface area (TPSA) is 102 Å². The molecule has 1 aliphatic heterocycles. The van der Waals surface area contributed by atoms with Crippen molar-refractivity contribution in [3.63, 3.8) is 0 Å². The van der Waals surface area contributed by atoms with E-state index in [9.17, 15) is 19.7 Å². The zero-order valence-corrected chi connectivity index (χ0v) is 19.3. The van der Waals surface area contributed by atoms with Gasteiger partial charge < -0.3 is 15.0 Å². The Morgan fingerprint density at radius 2 is 1.90 bits per heavy atom. The van der Waals surface area contributed by atoms with Crippen LogP contribution in [0.4, 0.5) is 10.5 Å². The van der Waals surface area contributed by atoms with Gasteiger partial charge in [-0.1, -0.05) is 27.7 Å². The SMILES string of the molecule is CCOC(=O)N1CCC(NC(=O)c2ccc(Sc3ccc(Br)cc3)c([N+](=O)[O-])c2)CC1. The summed E-state index contributed by atoms with van der Waals surface area (Å²) in [7, 11) is 0. The predicted octanol–water partition coefficient (Wildman–Crippen LogP) is 4.86. The zero-order chi connectivity index (χ0) is 22.4. The molecule has 0 aromatic heterocycles. The summed E-state index contributed by atoms with van der Waals surface area (Å²) in [5.41, 5.74) is 0.123. The van der Waals surface area contributed by atoms with Gasteiger partial charge in [-0.15, -0.1) is 0 Å². The second kappa shape index (κ2) is 10.6. The predicted molar refractivity (Wildman–Crippen MR) is 120 cm³/mol. The fourth-order valence-electron chi connectivity index (χ4n) is 3.21. The minimum Gasteiger partial charge on any atom is -0.450 e. The van der Waals surface area contributed by atoms with Crippen LogP contribution in [0.3, 0.4) is 0 Å². The Bertz CT molecular complexity index is 962.